The van der Waals surface area contributed by atoms with Crippen LogP contribution in [-0.4, -0.2) is 23.5 Å². The summed E-state index contributed by atoms with van der Waals surface area (Å²) in [5, 5.41) is 11.6. The first-order valence-corrected chi connectivity index (χ1v) is 5.98. The Hall–Kier alpha value is -1.06. The minimum absolute atomic E-state index is 0.0557. The Morgan fingerprint density at radius 3 is 2.44 bits per heavy atom. The second-order valence-corrected chi connectivity index (χ2v) is 5.11. The maximum atomic E-state index is 11.4. The van der Waals surface area contributed by atoms with Crippen molar-refractivity contribution in [2.75, 3.05) is 6.54 Å². The van der Waals surface area contributed by atoms with Gasteiger partial charge in [-0.1, -0.05) is 13.8 Å². The van der Waals surface area contributed by atoms with Gasteiger partial charge in [0.1, 0.15) is 0 Å². The molecule has 0 aliphatic heterocycles. The molecule has 1 rings (SSSR count). The van der Waals surface area contributed by atoms with Crippen molar-refractivity contribution in [1.29, 1.82) is 0 Å². The molecule has 0 radical (unpaired) electrons. The normalized spacial score (nSPS) is 17.2. The van der Waals surface area contributed by atoms with Crippen LogP contribution in [0, 0.1) is 17.8 Å². The molecule has 0 bridgehead atoms. The van der Waals surface area contributed by atoms with Gasteiger partial charge in [0, 0.05) is 18.9 Å². The molecule has 1 aliphatic rings. The van der Waals surface area contributed by atoms with E-state index in [1.807, 2.05) is 0 Å². The van der Waals surface area contributed by atoms with E-state index in [-0.39, 0.29) is 24.2 Å². The van der Waals surface area contributed by atoms with Crippen molar-refractivity contribution < 1.29 is 14.7 Å². The highest BCUT2D eigenvalue weighted by Gasteiger charge is 2.29. The Kier molecular flexibility index (Phi) is 4.77. The zero-order valence-electron chi connectivity index (χ0n) is 10.0. The summed E-state index contributed by atoms with van der Waals surface area (Å²) in [4.78, 5) is 22.1. The number of hydrogen-bond donors (Lipinski definition) is 2. The number of hydrogen-bond acceptors (Lipinski definition) is 2. The number of nitrogens with one attached hydrogen (secondary N) is 1. The Morgan fingerprint density at radius 2 is 2.00 bits per heavy atom. The second-order valence-electron chi connectivity index (χ2n) is 5.11. The van der Waals surface area contributed by atoms with Crippen LogP contribution in [0.4, 0.5) is 0 Å². The quantitative estimate of drug-likeness (QED) is 0.695. The lowest BCUT2D eigenvalue weighted by atomic mass is 9.94. The molecule has 0 saturated heterocycles. The van der Waals surface area contributed by atoms with Gasteiger partial charge in [-0.15, -0.1) is 0 Å². The molecule has 1 unspecified atom stereocenters. The van der Waals surface area contributed by atoms with Gasteiger partial charge in [-0.25, -0.2) is 0 Å². The van der Waals surface area contributed by atoms with Crippen LogP contribution < -0.4 is 5.32 Å². The molecular weight excluding hydrogens is 206 g/mol. The number of carboxylic acids is 1. The fourth-order valence-electron chi connectivity index (χ4n) is 1.89. The van der Waals surface area contributed by atoms with Gasteiger partial charge in [-0.05, 0) is 31.1 Å². The van der Waals surface area contributed by atoms with Gasteiger partial charge in [0.15, 0.2) is 0 Å². The zero-order valence-corrected chi connectivity index (χ0v) is 10.0. The average molecular weight is 227 g/mol. The number of carboxylic acid groups (broad SMARTS) is 1. The zero-order chi connectivity index (χ0) is 12.1. The van der Waals surface area contributed by atoms with E-state index in [0.29, 0.717) is 12.5 Å². The molecule has 0 aromatic heterocycles. The fourth-order valence-corrected chi connectivity index (χ4v) is 1.89. The lowest BCUT2D eigenvalue weighted by molar-refractivity contribution is -0.138. The van der Waals surface area contributed by atoms with Crippen molar-refractivity contribution in [3.8, 4) is 0 Å². The van der Waals surface area contributed by atoms with E-state index in [9.17, 15) is 9.59 Å². The maximum absolute atomic E-state index is 11.4. The smallest absolute Gasteiger partial charge is 0.303 e. The number of carbonyl (C=O) groups excluding carboxylic acids is 1. The van der Waals surface area contributed by atoms with E-state index in [4.69, 9.17) is 5.11 Å². The van der Waals surface area contributed by atoms with Gasteiger partial charge in [0.25, 0.3) is 0 Å². The molecule has 1 fully saturated rings. The number of aliphatic carboxylic acids is 1. The summed E-state index contributed by atoms with van der Waals surface area (Å²) in [7, 11) is 0. The van der Waals surface area contributed by atoms with E-state index >= 15 is 0 Å². The Bertz CT molecular complexity index is 259. The Morgan fingerprint density at radius 1 is 1.38 bits per heavy atom. The molecule has 92 valence electrons. The van der Waals surface area contributed by atoms with Crippen molar-refractivity contribution in [3.05, 3.63) is 0 Å². The van der Waals surface area contributed by atoms with Gasteiger partial charge in [0.05, 0.1) is 0 Å². The summed E-state index contributed by atoms with van der Waals surface area (Å²) in [6.45, 7) is 4.63. The van der Waals surface area contributed by atoms with Crippen molar-refractivity contribution in [2.45, 2.75) is 39.5 Å². The minimum atomic E-state index is -0.786. The summed E-state index contributed by atoms with van der Waals surface area (Å²) in [5.41, 5.74) is 0. The molecular formula is C12H21NO3. The summed E-state index contributed by atoms with van der Waals surface area (Å²) in [6, 6.07) is 0. The number of carbonyl (C=O) groups is 2. The topological polar surface area (TPSA) is 66.4 Å². The summed E-state index contributed by atoms with van der Waals surface area (Å²) < 4.78 is 0. The van der Waals surface area contributed by atoms with Crippen molar-refractivity contribution in [2.24, 2.45) is 17.8 Å². The maximum Gasteiger partial charge on any atom is 0.303 e. The first-order chi connectivity index (χ1) is 7.49. The molecule has 0 heterocycles. The molecule has 1 atom stereocenters. The van der Waals surface area contributed by atoms with Crippen molar-refractivity contribution in [3.63, 3.8) is 0 Å². The third-order valence-electron chi connectivity index (χ3n) is 2.78. The first kappa shape index (κ1) is 13.0. The molecule has 4 nitrogen and oxygen atoms in total. The second kappa shape index (κ2) is 5.87. The van der Waals surface area contributed by atoms with Crippen LogP contribution in [0.3, 0.4) is 0 Å². The van der Waals surface area contributed by atoms with Gasteiger partial charge < -0.3 is 10.4 Å². The van der Waals surface area contributed by atoms with Crippen LogP contribution in [-0.2, 0) is 9.59 Å². The van der Waals surface area contributed by atoms with Crippen LogP contribution in [0.5, 0.6) is 0 Å². The fraction of sp³-hybridized carbons (Fsp3) is 0.833. The van der Waals surface area contributed by atoms with Gasteiger partial charge in [0.2, 0.25) is 5.91 Å². The van der Waals surface area contributed by atoms with E-state index < -0.39 is 5.97 Å². The molecule has 0 spiro atoms. The monoisotopic (exact) mass is 227 g/mol. The predicted molar refractivity (Wildman–Crippen MR) is 60.9 cm³/mol. The van der Waals surface area contributed by atoms with E-state index in [2.05, 4.69) is 19.2 Å². The predicted octanol–water partition coefficient (Wildman–Crippen LogP) is 1.65. The molecule has 0 aromatic carbocycles. The van der Waals surface area contributed by atoms with Crippen LogP contribution >= 0.6 is 0 Å². The van der Waals surface area contributed by atoms with E-state index in [1.165, 1.54) is 0 Å². The van der Waals surface area contributed by atoms with Gasteiger partial charge >= 0.3 is 5.97 Å². The van der Waals surface area contributed by atoms with E-state index in [1.54, 1.807) is 0 Å². The minimum Gasteiger partial charge on any atom is -0.481 e. The van der Waals surface area contributed by atoms with Crippen LogP contribution in [0.2, 0.25) is 0 Å². The molecule has 1 saturated carbocycles. The molecule has 1 aliphatic carbocycles. The lowest BCUT2D eigenvalue weighted by Crippen LogP contribution is -2.32. The third kappa shape index (κ3) is 5.14. The molecule has 16 heavy (non-hydrogen) atoms. The Labute approximate surface area is 96.4 Å². The van der Waals surface area contributed by atoms with Gasteiger partial charge in [-0.2, -0.15) is 0 Å². The summed E-state index contributed by atoms with van der Waals surface area (Å²) in [5.74, 6) is 0.0253. The van der Waals surface area contributed by atoms with Crippen molar-refractivity contribution in [1.82, 2.24) is 5.32 Å². The van der Waals surface area contributed by atoms with Crippen LogP contribution in [0.15, 0.2) is 0 Å². The van der Waals surface area contributed by atoms with Crippen molar-refractivity contribution >= 4 is 11.9 Å². The lowest BCUT2D eigenvalue weighted by Gasteiger charge is -2.17. The molecule has 0 aromatic rings. The number of rotatable bonds is 7. The molecule has 4 heteroatoms. The highest BCUT2D eigenvalue weighted by Crippen LogP contribution is 2.28. The average Bonchev–Trinajstić information content (AvgIpc) is 2.94. The van der Waals surface area contributed by atoms with Crippen LogP contribution in [0.25, 0.3) is 0 Å². The number of amides is 1. The largest absolute Gasteiger partial charge is 0.481 e. The molecule has 1 amide bonds. The summed E-state index contributed by atoms with van der Waals surface area (Å²) in [6.07, 6.45) is 2.96. The highest BCUT2D eigenvalue weighted by molar-refractivity contribution is 5.80. The standard InChI is InChI=1S/C12H21NO3/c1-8(2)5-9(6-11(14)15)7-13-12(16)10-3-4-10/h8-10H,3-7H2,1-2H3,(H,13,16)(H,14,15). The first-order valence-electron chi connectivity index (χ1n) is 5.98. The van der Waals surface area contributed by atoms with E-state index in [0.717, 1.165) is 19.3 Å². The van der Waals surface area contributed by atoms with Crippen LogP contribution in [0.1, 0.15) is 39.5 Å². The SMILES string of the molecule is CC(C)CC(CNC(=O)C1CC1)CC(=O)O. The highest BCUT2D eigenvalue weighted by atomic mass is 16.4. The van der Waals surface area contributed by atoms with Gasteiger partial charge in [-0.3, -0.25) is 9.59 Å². The summed E-state index contributed by atoms with van der Waals surface area (Å²) >= 11 is 0. The third-order valence-corrected chi connectivity index (χ3v) is 2.78. The molecule has 2 N–H and O–H groups in total. The Balaban J connectivity index is 2.29.